The van der Waals surface area contributed by atoms with Crippen molar-refractivity contribution in [3.8, 4) is 0 Å². The zero-order valence-electron chi connectivity index (χ0n) is 17.4. The highest BCUT2D eigenvalue weighted by Gasteiger charge is 2.53. The maximum absolute atomic E-state index is 12.6. The predicted octanol–water partition coefficient (Wildman–Crippen LogP) is 5.08. The molecule has 2 aromatic rings. The van der Waals surface area contributed by atoms with Gasteiger partial charge < -0.3 is 5.32 Å². The van der Waals surface area contributed by atoms with Crippen LogP contribution in [0.3, 0.4) is 0 Å². The number of hydrogen-bond acceptors (Lipinski definition) is 7. The maximum Gasteiger partial charge on any atom is 0.271 e. The topological polar surface area (TPSA) is 110 Å². The quantitative estimate of drug-likeness (QED) is 0.511. The second-order valence-electron chi connectivity index (χ2n) is 8.76. The maximum atomic E-state index is 12.6. The average molecular weight is 428 g/mol. The van der Waals surface area contributed by atoms with Gasteiger partial charge in [-0.1, -0.05) is 38.2 Å². The Hall–Kier alpha value is -2.81. The molecular formula is C21H25N5O3S. The minimum Gasteiger partial charge on any atom is -0.321 e. The van der Waals surface area contributed by atoms with Crippen molar-refractivity contribution < 1.29 is 9.72 Å². The van der Waals surface area contributed by atoms with E-state index in [1.807, 2.05) is 0 Å². The number of thiazole rings is 1. The fraction of sp³-hybridized carbons (Fsp3) is 0.476. The van der Waals surface area contributed by atoms with Crippen LogP contribution < -0.4 is 10.7 Å². The summed E-state index contributed by atoms with van der Waals surface area (Å²) in [4.78, 5) is 27.9. The Morgan fingerprint density at radius 2 is 2.17 bits per heavy atom. The summed E-state index contributed by atoms with van der Waals surface area (Å²) in [6, 6.07) is 5.86. The van der Waals surface area contributed by atoms with Crippen molar-refractivity contribution in [2.75, 3.05) is 10.7 Å². The molecule has 2 aliphatic carbocycles. The number of non-ortho nitro benzene ring substituents is 1. The van der Waals surface area contributed by atoms with Crippen molar-refractivity contribution in [3.63, 3.8) is 0 Å². The summed E-state index contributed by atoms with van der Waals surface area (Å²) in [5.74, 6) is 1.44. The van der Waals surface area contributed by atoms with Gasteiger partial charge in [0.05, 0.1) is 10.6 Å². The van der Waals surface area contributed by atoms with E-state index in [2.05, 4.69) is 41.6 Å². The Balaban J connectivity index is 1.44. The number of anilines is 2. The van der Waals surface area contributed by atoms with Gasteiger partial charge in [-0.2, -0.15) is 5.10 Å². The first kappa shape index (κ1) is 20.5. The molecule has 3 atom stereocenters. The minimum atomic E-state index is -0.494. The number of hydrazone groups is 1. The number of nitro groups is 1. The molecule has 2 saturated carbocycles. The zero-order chi connectivity index (χ0) is 21.6. The largest absolute Gasteiger partial charge is 0.321 e. The van der Waals surface area contributed by atoms with Crippen LogP contribution in [0.1, 0.15) is 49.0 Å². The Morgan fingerprint density at radius 1 is 1.40 bits per heavy atom. The van der Waals surface area contributed by atoms with Gasteiger partial charge in [-0.05, 0) is 43.1 Å². The molecule has 0 aliphatic heterocycles. The lowest BCUT2D eigenvalue weighted by molar-refractivity contribution is -0.384. The molecule has 1 amide bonds. The number of carbonyl (C=O) groups excluding carboxylic acids is 1. The molecule has 1 aromatic carbocycles. The van der Waals surface area contributed by atoms with Gasteiger partial charge in [-0.25, -0.2) is 4.98 Å². The number of hydrogen-bond donors (Lipinski definition) is 2. The van der Waals surface area contributed by atoms with Crippen LogP contribution in [0.4, 0.5) is 16.5 Å². The van der Waals surface area contributed by atoms with E-state index < -0.39 is 4.92 Å². The fourth-order valence-corrected chi connectivity index (χ4v) is 5.47. The molecule has 2 aliphatic rings. The lowest BCUT2D eigenvalue weighted by atomic mass is 9.69. The van der Waals surface area contributed by atoms with E-state index in [9.17, 15) is 14.9 Å². The van der Waals surface area contributed by atoms with Gasteiger partial charge in [-0.3, -0.25) is 20.3 Å². The number of nitrogens with one attached hydrogen (secondary N) is 2. The predicted molar refractivity (Wildman–Crippen MR) is 118 cm³/mol. The van der Waals surface area contributed by atoms with Gasteiger partial charge >= 0.3 is 0 Å². The number of nitrogens with zero attached hydrogens (tertiary/aromatic N) is 3. The number of carbonyl (C=O) groups is 1. The molecule has 2 bridgehead atoms. The van der Waals surface area contributed by atoms with E-state index in [1.54, 1.807) is 13.0 Å². The monoisotopic (exact) mass is 427 g/mol. The molecule has 0 unspecified atom stereocenters. The van der Waals surface area contributed by atoms with Gasteiger partial charge in [-0.15, -0.1) is 0 Å². The summed E-state index contributed by atoms with van der Waals surface area (Å²) in [6.07, 6.45) is 2.21. The molecule has 0 saturated heterocycles. The second-order valence-corrected chi connectivity index (χ2v) is 9.76. The molecule has 158 valence electrons. The standard InChI is InChI=1S/C21H25N5O3S/c1-11-16-8-13(21(11,3)4)9-17(16)24-25-20-22-12(2)18(30-20)19(27)23-14-6-5-7-15(10-14)26(28)29/h5-7,10-11,13,16H,8-9H2,1-4H3,(H,22,25)(H,23,27)/b24-17+/t11-,13-,16-/m1/s1. The first-order valence-corrected chi connectivity index (χ1v) is 10.8. The highest BCUT2D eigenvalue weighted by Crippen LogP contribution is 2.57. The SMILES string of the molecule is Cc1nc(N/N=C2\C[C@H]3C[C@@H]2[C@@H](C)C3(C)C)sc1C(=O)Nc1cccc([N+](=O)[O-])c1. The third-order valence-corrected chi connectivity index (χ3v) is 7.92. The highest BCUT2D eigenvalue weighted by atomic mass is 32.1. The van der Waals surface area contributed by atoms with Crippen molar-refractivity contribution in [3.05, 3.63) is 45.0 Å². The smallest absolute Gasteiger partial charge is 0.271 e. The van der Waals surface area contributed by atoms with Crippen LogP contribution >= 0.6 is 11.3 Å². The molecule has 1 heterocycles. The number of aromatic nitrogens is 1. The Bertz CT molecular complexity index is 1040. The van der Waals surface area contributed by atoms with E-state index in [4.69, 9.17) is 0 Å². The molecule has 8 nitrogen and oxygen atoms in total. The summed E-state index contributed by atoms with van der Waals surface area (Å²) in [5.41, 5.74) is 5.49. The lowest BCUT2D eigenvalue weighted by Gasteiger charge is -2.36. The number of nitro benzene ring substituents is 1. The fourth-order valence-electron chi connectivity index (χ4n) is 4.67. The summed E-state index contributed by atoms with van der Waals surface area (Å²) in [7, 11) is 0. The van der Waals surface area contributed by atoms with Crippen molar-refractivity contribution in [1.29, 1.82) is 0 Å². The molecule has 2 fully saturated rings. The summed E-state index contributed by atoms with van der Waals surface area (Å²) >= 11 is 1.23. The third kappa shape index (κ3) is 3.58. The van der Waals surface area contributed by atoms with Crippen LogP contribution in [0.5, 0.6) is 0 Å². The van der Waals surface area contributed by atoms with Crippen LogP contribution in [0.2, 0.25) is 0 Å². The van der Waals surface area contributed by atoms with Crippen LogP contribution in [0.25, 0.3) is 0 Å². The molecule has 0 spiro atoms. The summed E-state index contributed by atoms with van der Waals surface area (Å²) in [6.45, 7) is 8.77. The van der Waals surface area contributed by atoms with Crippen molar-refractivity contribution >= 4 is 39.5 Å². The Kier molecular flexibility index (Phi) is 5.09. The highest BCUT2D eigenvalue weighted by molar-refractivity contribution is 7.17. The van der Waals surface area contributed by atoms with E-state index >= 15 is 0 Å². The van der Waals surface area contributed by atoms with E-state index in [1.165, 1.54) is 41.7 Å². The number of fused-ring (bicyclic) bond motifs is 2. The molecule has 0 radical (unpaired) electrons. The number of amides is 1. The van der Waals surface area contributed by atoms with Crippen LogP contribution in [0, 0.1) is 40.2 Å². The van der Waals surface area contributed by atoms with E-state index in [-0.39, 0.29) is 11.6 Å². The first-order valence-electron chi connectivity index (χ1n) is 10.0. The molecular weight excluding hydrogens is 402 g/mol. The Morgan fingerprint density at radius 3 is 2.83 bits per heavy atom. The second kappa shape index (κ2) is 7.46. The van der Waals surface area contributed by atoms with E-state index in [0.717, 1.165) is 6.42 Å². The van der Waals surface area contributed by atoms with Crippen molar-refractivity contribution in [2.45, 2.75) is 40.5 Å². The molecule has 1 aromatic heterocycles. The Labute approximate surface area is 178 Å². The number of rotatable bonds is 5. The van der Waals surface area contributed by atoms with Gasteiger partial charge in [0.15, 0.2) is 0 Å². The molecule has 30 heavy (non-hydrogen) atoms. The van der Waals surface area contributed by atoms with Gasteiger partial charge in [0.2, 0.25) is 5.13 Å². The lowest BCUT2D eigenvalue weighted by Crippen LogP contribution is -2.33. The number of aryl methyl sites for hydroxylation is 1. The summed E-state index contributed by atoms with van der Waals surface area (Å²) in [5, 5.41) is 18.8. The molecule has 2 N–H and O–H groups in total. The minimum absolute atomic E-state index is 0.0738. The van der Waals surface area contributed by atoms with Crippen LogP contribution in [-0.4, -0.2) is 21.5 Å². The molecule has 4 rings (SSSR count). The third-order valence-electron chi connectivity index (χ3n) is 6.86. The van der Waals surface area contributed by atoms with Crippen molar-refractivity contribution in [2.24, 2.45) is 28.3 Å². The van der Waals surface area contributed by atoms with Crippen LogP contribution in [-0.2, 0) is 0 Å². The van der Waals surface area contributed by atoms with Gasteiger partial charge in [0, 0.05) is 29.4 Å². The zero-order valence-corrected chi connectivity index (χ0v) is 18.2. The van der Waals surface area contributed by atoms with Gasteiger partial charge in [0.25, 0.3) is 11.6 Å². The van der Waals surface area contributed by atoms with Crippen LogP contribution in [0.15, 0.2) is 29.4 Å². The molecule has 9 heteroatoms. The van der Waals surface area contributed by atoms with Crippen molar-refractivity contribution in [1.82, 2.24) is 4.98 Å². The normalized spacial score (nSPS) is 25.5. The average Bonchev–Trinajstić information content (AvgIpc) is 3.34. The van der Waals surface area contributed by atoms with Gasteiger partial charge in [0.1, 0.15) is 4.88 Å². The number of benzene rings is 1. The summed E-state index contributed by atoms with van der Waals surface area (Å²) < 4.78 is 0. The van der Waals surface area contributed by atoms with E-state index in [0.29, 0.717) is 44.6 Å². The first-order chi connectivity index (χ1) is 14.2.